The molecule has 0 aliphatic heterocycles. The number of carbonyl (C=O) groups excluding carboxylic acids is 2. The van der Waals surface area contributed by atoms with E-state index < -0.39 is 0 Å². The lowest BCUT2D eigenvalue weighted by molar-refractivity contribution is -0.120. The molecule has 4 rings (SSSR count). The monoisotopic (exact) mass is 363 g/mol. The molecule has 3 aromatic rings. The molecule has 0 atom stereocenters. The van der Waals surface area contributed by atoms with Gasteiger partial charge in [-0.2, -0.15) is 0 Å². The molecule has 1 saturated carbocycles. The standard InChI is InChI=1S/C21H21N3O3/c1-13-22-11-19(27-13)15-7-8-16-10-23-20(18(12-25)17(16)9-15)24-21(26)14-5-3-2-4-6-14/h7-12,14H,2-6H2,1H3,(H,23,24,26). The number of aryl methyl sites for hydroxylation is 1. The van der Waals surface area contributed by atoms with Gasteiger partial charge in [0.15, 0.2) is 17.9 Å². The van der Waals surface area contributed by atoms with Crippen LogP contribution < -0.4 is 5.32 Å². The normalized spacial score (nSPS) is 15.0. The number of pyridine rings is 1. The first-order valence-electron chi connectivity index (χ1n) is 9.27. The van der Waals surface area contributed by atoms with Gasteiger partial charge in [0.05, 0.1) is 11.8 Å². The number of anilines is 1. The van der Waals surface area contributed by atoms with Crippen LogP contribution in [0.4, 0.5) is 5.82 Å². The molecule has 1 N–H and O–H groups in total. The first-order valence-corrected chi connectivity index (χ1v) is 9.27. The van der Waals surface area contributed by atoms with Gasteiger partial charge < -0.3 is 9.73 Å². The van der Waals surface area contributed by atoms with E-state index in [1.807, 2.05) is 18.2 Å². The molecule has 6 nitrogen and oxygen atoms in total. The molecule has 0 unspecified atom stereocenters. The summed E-state index contributed by atoms with van der Waals surface area (Å²) < 4.78 is 5.58. The van der Waals surface area contributed by atoms with Gasteiger partial charge in [0.2, 0.25) is 5.91 Å². The van der Waals surface area contributed by atoms with Crippen LogP contribution in [0.3, 0.4) is 0 Å². The summed E-state index contributed by atoms with van der Waals surface area (Å²) in [6, 6.07) is 5.66. The molecule has 1 aliphatic rings. The number of nitrogens with zero attached hydrogens (tertiary/aromatic N) is 2. The third-order valence-electron chi connectivity index (χ3n) is 5.17. The van der Waals surface area contributed by atoms with Crippen LogP contribution in [0.25, 0.3) is 22.1 Å². The number of rotatable bonds is 4. The number of nitrogens with one attached hydrogen (secondary N) is 1. The maximum absolute atomic E-state index is 12.6. The Morgan fingerprint density at radius 3 is 2.70 bits per heavy atom. The molecule has 1 amide bonds. The number of hydrogen-bond acceptors (Lipinski definition) is 5. The molecule has 1 aromatic carbocycles. The van der Waals surface area contributed by atoms with Gasteiger partial charge in [-0.05, 0) is 24.3 Å². The van der Waals surface area contributed by atoms with Crippen molar-refractivity contribution in [2.75, 3.05) is 5.32 Å². The molecule has 0 spiro atoms. The Balaban J connectivity index is 1.70. The molecule has 1 fully saturated rings. The number of aldehydes is 1. The van der Waals surface area contributed by atoms with Crippen molar-refractivity contribution in [1.82, 2.24) is 9.97 Å². The minimum absolute atomic E-state index is 0.000693. The summed E-state index contributed by atoms with van der Waals surface area (Å²) in [4.78, 5) is 32.8. The lowest BCUT2D eigenvalue weighted by Gasteiger charge is -2.21. The highest BCUT2D eigenvalue weighted by Crippen LogP contribution is 2.30. The van der Waals surface area contributed by atoms with Crippen molar-refractivity contribution in [2.24, 2.45) is 5.92 Å². The minimum atomic E-state index is -0.0494. The predicted octanol–water partition coefficient (Wildman–Crippen LogP) is 4.53. The Morgan fingerprint density at radius 2 is 2.00 bits per heavy atom. The Morgan fingerprint density at radius 1 is 1.19 bits per heavy atom. The molecule has 2 aromatic heterocycles. The van der Waals surface area contributed by atoms with E-state index in [1.165, 1.54) is 6.42 Å². The molecule has 0 radical (unpaired) electrons. The topological polar surface area (TPSA) is 85.1 Å². The van der Waals surface area contributed by atoms with Crippen molar-refractivity contribution in [1.29, 1.82) is 0 Å². The minimum Gasteiger partial charge on any atom is -0.441 e. The maximum Gasteiger partial charge on any atom is 0.228 e. The summed E-state index contributed by atoms with van der Waals surface area (Å²) in [5.41, 5.74) is 1.21. The van der Waals surface area contributed by atoms with E-state index in [0.29, 0.717) is 23.0 Å². The highest BCUT2D eigenvalue weighted by Gasteiger charge is 2.22. The number of carbonyl (C=O) groups is 2. The predicted molar refractivity (Wildman–Crippen MR) is 103 cm³/mol. The summed E-state index contributed by atoms with van der Waals surface area (Å²) in [5, 5.41) is 4.42. The van der Waals surface area contributed by atoms with E-state index in [4.69, 9.17) is 4.42 Å². The van der Waals surface area contributed by atoms with Gasteiger partial charge in [0.25, 0.3) is 0 Å². The van der Waals surface area contributed by atoms with Crippen LogP contribution in [-0.2, 0) is 4.79 Å². The fourth-order valence-corrected chi connectivity index (χ4v) is 3.68. The Labute approximate surface area is 157 Å². The zero-order chi connectivity index (χ0) is 18.8. The first kappa shape index (κ1) is 17.4. The highest BCUT2D eigenvalue weighted by molar-refractivity contribution is 6.06. The molecule has 1 aliphatic carbocycles. The number of hydrogen-bond donors (Lipinski definition) is 1. The number of aromatic nitrogens is 2. The summed E-state index contributed by atoms with van der Waals surface area (Å²) >= 11 is 0. The third-order valence-corrected chi connectivity index (χ3v) is 5.17. The Kier molecular flexibility index (Phi) is 4.71. The molecule has 2 heterocycles. The Hall–Kier alpha value is -3.02. The van der Waals surface area contributed by atoms with Gasteiger partial charge >= 0.3 is 0 Å². The zero-order valence-electron chi connectivity index (χ0n) is 15.2. The van der Waals surface area contributed by atoms with Gasteiger partial charge in [-0.1, -0.05) is 31.4 Å². The fourth-order valence-electron chi connectivity index (χ4n) is 3.68. The molecular formula is C21H21N3O3. The second-order valence-corrected chi connectivity index (χ2v) is 7.01. The van der Waals surface area contributed by atoms with Crippen molar-refractivity contribution in [3.05, 3.63) is 42.0 Å². The van der Waals surface area contributed by atoms with Gasteiger partial charge in [-0.15, -0.1) is 0 Å². The van der Waals surface area contributed by atoms with Crippen LogP contribution in [0.2, 0.25) is 0 Å². The van der Waals surface area contributed by atoms with E-state index in [1.54, 1.807) is 19.3 Å². The molecular weight excluding hydrogens is 342 g/mol. The van der Waals surface area contributed by atoms with Crippen molar-refractivity contribution in [3.63, 3.8) is 0 Å². The smallest absolute Gasteiger partial charge is 0.228 e. The number of benzene rings is 1. The van der Waals surface area contributed by atoms with Gasteiger partial charge in [-0.25, -0.2) is 9.97 Å². The van der Waals surface area contributed by atoms with Crippen molar-refractivity contribution in [3.8, 4) is 11.3 Å². The van der Waals surface area contributed by atoms with E-state index in [-0.39, 0.29) is 11.8 Å². The molecule has 138 valence electrons. The largest absolute Gasteiger partial charge is 0.441 e. The van der Waals surface area contributed by atoms with Crippen molar-refractivity contribution < 1.29 is 14.0 Å². The third kappa shape index (κ3) is 3.47. The lowest BCUT2D eigenvalue weighted by atomic mass is 9.88. The van der Waals surface area contributed by atoms with Crippen LogP contribution in [0.1, 0.15) is 48.4 Å². The average Bonchev–Trinajstić information content (AvgIpc) is 3.14. The quantitative estimate of drug-likeness (QED) is 0.688. The second kappa shape index (κ2) is 7.31. The van der Waals surface area contributed by atoms with E-state index in [0.717, 1.165) is 48.3 Å². The first-order chi connectivity index (χ1) is 13.2. The van der Waals surface area contributed by atoms with Gasteiger partial charge in [-0.3, -0.25) is 9.59 Å². The van der Waals surface area contributed by atoms with E-state index in [9.17, 15) is 9.59 Å². The van der Waals surface area contributed by atoms with Crippen LogP contribution in [0, 0.1) is 12.8 Å². The average molecular weight is 363 g/mol. The summed E-state index contributed by atoms with van der Waals surface area (Å²) in [5.74, 6) is 1.48. The molecule has 27 heavy (non-hydrogen) atoms. The maximum atomic E-state index is 12.6. The zero-order valence-corrected chi connectivity index (χ0v) is 15.2. The van der Waals surface area contributed by atoms with E-state index in [2.05, 4.69) is 15.3 Å². The molecule has 0 bridgehead atoms. The van der Waals surface area contributed by atoms with Crippen molar-refractivity contribution >= 4 is 28.8 Å². The van der Waals surface area contributed by atoms with Crippen LogP contribution in [0.15, 0.2) is 35.0 Å². The van der Waals surface area contributed by atoms with Gasteiger partial charge in [0, 0.05) is 30.0 Å². The lowest BCUT2D eigenvalue weighted by Crippen LogP contribution is -2.25. The van der Waals surface area contributed by atoms with E-state index >= 15 is 0 Å². The summed E-state index contributed by atoms with van der Waals surface area (Å²) in [6.45, 7) is 1.78. The number of oxazole rings is 1. The number of fused-ring (bicyclic) bond motifs is 1. The van der Waals surface area contributed by atoms with Gasteiger partial charge in [0.1, 0.15) is 5.82 Å². The van der Waals surface area contributed by atoms with Crippen molar-refractivity contribution in [2.45, 2.75) is 39.0 Å². The number of amides is 1. The van der Waals surface area contributed by atoms with Crippen LogP contribution in [-0.4, -0.2) is 22.2 Å². The second-order valence-electron chi connectivity index (χ2n) is 7.01. The molecule has 0 saturated heterocycles. The van der Waals surface area contributed by atoms with Crippen LogP contribution in [0.5, 0.6) is 0 Å². The SMILES string of the molecule is Cc1ncc(-c2ccc3cnc(NC(=O)C4CCCCC4)c(C=O)c3c2)o1. The highest BCUT2D eigenvalue weighted by atomic mass is 16.4. The van der Waals surface area contributed by atoms with Crippen LogP contribution >= 0.6 is 0 Å². The molecule has 6 heteroatoms. The Bertz CT molecular complexity index is 1000. The summed E-state index contributed by atoms with van der Waals surface area (Å²) in [6.07, 6.45) is 9.20. The fraction of sp³-hybridized carbons (Fsp3) is 0.333. The summed E-state index contributed by atoms with van der Waals surface area (Å²) in [7, 11) is 0.